The van der Waals surface area contributed by atoms with Gasteiger partial charge in [0.2, 0.25) is 0 Å². The zero-order valence-corrected chi connectivity index (χ0v) is 9.67. The fourth-order valence-electron chi connectivity index (χ4n) is 2.78. The SMILES string of the molecule is CCNC1CC(C)c2c(C)ccc(O)c21. The van der Waals surface area contributed by atoms with Gasteiger partial charge in [-0.3, -0.25) is 0 Å². The quantitative estimate of drug-likeness (QED) is 0.778. The Bertz CT molecular complexity index is 373. The maximum Gasteiger partial charge on any atom is 0.120 e. The van der Waals surface area contributed by atoms with Gasteiger partial charge in [0.15, 0.2) is 0 Å². The summed E-state index contributed by atoms with van der Waals surface area (Å²) < 4.78 is 0. The van der Waals surface area contributed by atoms with E-state index in [1.807, 2.05) is 12.1 Å². The molecule has 0 aliphatic heterocycles. The van der Waals surface area contributed by atoms with Crippen molar-refractivity contribution in [3.63, 3.8) is 0 Å². The summed E-state index contributed by atoms with van der Waals surface area (Å²) in [6, 6.07) is 4.16. The van der Waals surface area contributed by atoms with Crippen LogP contribution in [0.15, 0.2) is 12.1 Å². The summed E-state index contributed by atoms with van der Waals surface area (Å²) in [5.74, 6) is 1.00. The highest BCUT2D eigenvalue weighted by Crippen LogP contribution is 2.45. The average Bonchev–Trinajstić information content (AvgIpc) is 2.51. The zero-order chi connectivity index (χ0) is 11.0. The summed E-state index contributed by atoms with van der Waals surface area (Å²) in [7, 11) is 0. The molecule has 82 valence electrons. The molecule has 0 heterocycles. The maximum atomic E-state index is 9.93. The molecular formula is C13H19NO. The lowest BCUT2D eigenvalue weighted by Gasteiger charge is -2.14. The third-order valence-electron chi connectivity index (χ3n) is 3.36. The molecule has 0 saturated heterocycles. The summed E-state index contributed by atoms with van der Waals surface area (Å²) in [4.78, 5) is 0. The number of phenolic OH excluding ortho intramolecular Hbond substituents is 1. The van der Waals surface area contributed by atoms with Crippen molar-refractivity contribution < 1.29 is 5.11 Å². The van der Waals surface area contributed by atoms with Crippen LogP contribution in [-0.2, 0) is 0 Å². The first-order valence-corrected chi connectivity index (χ1v) is 5.70. The van der Waals surface area contributed by atoms with Gasteiger partial charge in [-0.05, 0) is 43.0 Å². The topological polar surface area (TPSA) is 32.3 Å². The van der Waals surface area contributed by atoms with Gasteiger partial charge in [-0.25, -0.2) is 0 Å². The Morgan fingerprint density at radius 1 is 1.40 bits per heavy atom. The van der Waals surface area contributed by atoms with Crippen molar-refractivity contribution >= 4 is 0 Å². The molecule has 2 nitrogen and oxygen atoms in total. The second-order valence-electron chi connectivity index (χ2n) is 4.48. The molecule has 0 saturated carbocycles. The van der Waals surface area contributed by atoms with E-state index < -0.39 is 0 Å². The zero-order valence-electron chi connectivity index (χ0n) is 9.67. The summed E-state index contributed by atoms with van der Waals surface area (Å²) >= 11 is 0. The number of phenols is 1. The van der Waals surface area contributed by atoms with Gasteiger partial charge in [-0.1, -0.05) is 19.9 Å². The average molecular weight is 205 g/mol. The lowest BCUT2D eigenvalue weighted by Crippen LogP contribution is -2.18. The molecular weight excluding hydrogens is 186 g/mol. The molecule has 0 fully saturated rings. The predicted octanol–water partition coefficient (Wildman–Crippen LogP) is 2.86. The van der Waals surface area contributed by atoms with Gasteiger partial charge in [0.25, 0.3) is 0 Å². The normalized spacial score (nSPS) is 24.2. The van der Waals surface area contributed by atoms with E-state index in [1.165, 1.54) is 11.1 Å². The molecule has 0 aromatic heterocycles. The Kier molecular flexibility index (Phi) is 2.70. The van der Waals surface area contributed by atoms with Crippen LogP contribution in [0.1, 0.15) is 48.9 Å². The lowest BCUT2D eigenvalue weighted by atomic mass is 9.97. The third kappa shape index (κ3) is 1.63. The molecule has 1 aliphatic carbocycles. The van der Waals surface area contributed by atoms with Crippen LogP contribution in [-0.4, -0.2) is 11.7 Å². The Hall–Kier alpha value is -1.02. The van der Waals surface area contributed by atoms with E-state index in [1.54, 1.807) is 0 Å². The fraction of sp³-hybridized carbons (Fsp3) is 0.538. The molecule has 0 radical (unpaired) electrons. The predicted molar refractivity (Wildman–Crippen MR) is 62.3 cm³/mol. The van der Waals surface area contributed by atoms with Gasteiger partial charge >= 0.3 is 0 Å². The van der Waals surface area contributed by atoms with E-state index >= 15 is 0 Å². The van der Waals surface area contributed by atoms with Gasteiger partial charge in [0.1, 0.15) is 5.75 Å². The van der Waals surface area contributed by atoms with Crippen molar-refractivity contribution in [1.29, 1.82) is 0 Å². The van der Waals surface area contributed by atoms with Crippen LogP contribution in [0.25, 0.3) is 0 Å². The Morgan fingerprint density at radius 3 is 2.80 bits per heavy atom. The molecule has 0 amide bonds. The van der Waals surface area contributed by atoms with E-state index in [4.69, 9.17) is 0 Å². The molecule has 0 bridgehead atoms. The summed E-state index contributed by atoms with van der Waals surface area (Å²) in [5, 5.41) is 13.4. The van der Waals surface area contributed by atoms with Crippen LogP contribution < -0.4 is 5.32 Å². The lowest BCUT2D eigenvalue weighted by molar-refractivity contribution is 0.449. The molecule has 2 heteroatoms. The van der Waals surface area contributed by atoms with Gasteiger partial charge < -0.3 is 10.4 Å². The number of nitrogens with one attached hydrogen (secondary N) is 1. The minimum Gasteiger partial charge on any atom is -0.508 e. The van der Waals surface area contributed by atoms with Crippen molar-refractivity contribution in [3.05, 3.63) is 28.8 Å². The first-order valence-electron chi connectivity index (χ1n) is 5.70. The first kappa shape index (κ1) is 10.5. The highest BCUT2D eigenvalue weighted by Gasteiger charge is 2.31. The molecule has 2 rings (SSSR count). The molecule has 2 atom stereocenters. The number of hydrogen-bond donors (Lipinski definition) is 2. The van der Waals surface area contributed by atoms with E-state index in [9.17, 15) is 5.11 Å². The Morgan fingerprint density at radius 2 is 2.13 bits per heavy atom. The molecule has 1 aromatic carbocycles. The number of rotatable bonds is 2. The fourth-order valence-corrected chi connectivity index (χ4v) is 2.78. The van der Waals surface area contributed by atoms with Crippen LogP contribution in [0, 0.1) is 6.92 Å². The highest BCUT2D eigenvalue weighted by molar-refractivity contribution is 5.50. The second kappa shape index (κ2) is 3.86. The van der Waals surface area contributed by atoms with E-state index in [0.29, 0.717) is 17.7 Å². The van der Waals surface area contributed by atoms with Gasteiger partial charge in [-0.2, -0.15) is 0 Å². The largest absolute Gasteiger partial charge is 0.508 e. The molecule has 0 spiro atoms. The second-order valence-corrected chi connectivity index (χ2v) is 4.48. The maximum absolute atomic E-state index is 9.93. The van der Waals surface area contributed by atoms with Crippen LogP contribution >= 0.6 is 0 Å². The highest BCUT2D eigenvalue weighted by atomic mass is 16.3. The summed E-state index contributed by atoms with van der Waals surface area (Å²) in [5.41, 5.74) is 3.78. The van der Waals surface area contributed by atoms with E-state index in [-0.39, 0.29) is 0 Å². The van der Waals surface area contributed by atoms with Crippen LogP contribution in [0.4, 0.5) is 0 Å². The minimum atomic E-state index is 0.333. The van der Waals surface area contributed by atoms with E-state index in [2.05, 4.69) is 26.1 Å². The third-order valence-corrected chi connectivity index (χ3v) is 3.36. The Balaban J connectivity index is 2.49. The number of aryl methyl sites for hydroxylation is 1. The number of benzene rings is 1. The Labute approximate surface area is 91.3 Å². The van der Waals surface area contributed by atoms with Crippen molar-refractivity contribution in [1.82, 2.24) is 5.32 Å². The number of aromatic hydroxyl groups is 1. The smallest absolute Gasteiger partial charge is 0.120 e. The van der Waals surface area contributed by atoms with Crippen molar-refractivity contribution in [2.24, 2.45) is 0 Å². The molecule has 1 aromatic rings. The summed E-state index contributed by atoms with van der Waals surface area (Å²) in [6.07, 6.45) is 1.10. The van der Waals surface area contributed by atoms with Crippen LogP contribution in [0.5, 0.6) is 5.75 Å². The van der Waals surface area contributed by atoms with Crippen LogP contribution in [0.3, 0.4) is 0 Å². The van der Waals surface area contributed by atoms with Gasteiger partial charge in [0, 0.05) is 11.6 Å². The van der Waals surface area contributed by atoms with Crippen LogP contribution in [0.2, 0.25) is 0 Å². The minimum absolute atomic E-state index is 0.333. The van der Waals surface area contributed by atoms with E-state index in [0.717, 1.165) is 18.5 Å². The molecule has 2 unspecified atom stereocenters. The first-order chi connectivity index (χ1) is 7.15. The van der Waals surface area contributed by atoms with Gasteiger partial charge in [-0.15, -0.1) is 0 Å². The monoisotopic (exact) mass is 205 g/mol. The van der Waals surface area contributed by atoms with Crippen molar-refractivity contribution in [3.8, 4) is 5.75 Å². The van der Waals surface area contributed by atoms with Crippen molar-refractivity contribution in [2.45, 2.75) is 39.2 Å². The van der Waals surface area contributed by atoms with Gasteiger partial charge in [0.05, 0.1) is 0 Å². The summed E-state index contributed by atoms with van der Waals surface area (Å²) in [6.45, 7) is 7.42. The standard InChI is InChI=1S/C13H19NO/c1-4-14-10-7-9(3)12-8(2)5-6-11(15)13(10)12/h5-6,9-10,14-15H,4,7H2,1-3H3. The number of hydrogen-bond acceptors (Lipinski definition) is 2. The molecule has 1 aliphatic rings. The molecule has 2 N–H and O–H groups in total. The molecule has 15 heavy (non-hydrogen) atoms. The number of fused-ring (bicyclic) bond motifs is 1. The van der Waals surface area contributed by atoms with Crippen molar-refractivity contribution in [2.75, 3.05) is 6.54 Å².